The molecule has 2 amide bonds. The van der Waals surface area contributed by atoms with Crippen LogP contribution in [-0.2, 0) is 9.59 Å². The van der Waals surface area contributed by atoms with Crippen molar-refractivity contribution in [1.29, 1.82) is 0 Å². The maximum Gasteiger partial charge on any atom is 0.239 e. The van der Waals surface area contributed by atoms with Crippen LogP contribution >= 0.6 is 31.9 Å². The van der Waals surface area contributed by atoms with Crippen LogP contribution in [0.1, 0.15) is 12.0 Å². The van der Waals surface area contributed by atoms with Crippen molar-refractivity contribution in [2.24, 2.45) is 23.7 Å². The molecule has 6 unspecified atom stereocenters. The number of alkyl halides is 2. The molecule has 4 rings (SSSR count). The highest BCUT2D eigenvalue weighted by molar-refractivity contribution is 9.12. The number of nitrogens with zero attached hydrogens (tertiary/aromatic N) is 2. The van der Waals surface area contributed by atoms with Crippen LogP contribution in [0.15, 0.2) is 18.3 Å². The zero-order valence-corrected chi connectivity index (χ0v) is 14.5. The van der Waals surface area contributed by atoms with E-state index in [2.05, 4.69) is 36.8 Å². The zero-order valence-electron chi connectivity index (χ0n) is 11.4. The van der Waals surface area contributed by atoms with Crippen molar-refractivity contribution in [2.75, 3.05) is 4.90 Å². The maximum atomic E-state index is 12.8. The lowest BCUT2D eigenvalue weighted by Crippen LogP contribution is -2.37. The number of carbonyl (C=O) groups excluding carboxylic acids is 2. The van der Waals surface area contributed by atoms with Gasteiger partial charge in [-0.1, -0.05) is 37.9 Å². The molecule has 3 aliphatic rings. The van der Waals surface area contributed by atoms with Crippen molar-refractivity contribution in [2.45, 2.75) is 23.0 Å². The zero-order chi connectivity index (χ0) is 14.9. The van der Waals surface area contributed by atoms with Gasteiger partial charge in [-0.05, 0) is 36.8 Å². The summed E-state index contributed by atoms with van der Waals surface area (Å²) in [6, 6.07) is 3.70. The molecular weight excluding hydrogens is 400 g/mol. The molecule has 2 bridgehead atoms. The predicted molar refractivity (Wildman–Crippen MR) is 85.5 cm³/mol. The largest absolute Gasteiger partial charge is 0.274 e. The molecule has 3 fully saturated rings. The molecule has 0 aromatic carbocycles. The van der Waals surface area contributed by atoms with Crippen molar-refractivity contribution >= 4 is 49.5 Å². The first kappa shape index (κ1) is 13.9. The van der Waals surface area contributed by atoms with E-state index in [0.29, 0.717) is 5.82 Å². The summed E-state index contributed by atoms with van der Waals surface area (Å²) < 4.78 is 0. The number of pyridine rings is 1. The molecule has 2 saturated carbocycles. The van der Waals surface area contributed by atoms with Crippen LogP contribution in [-0.4, -0.2) is 26.5 Å². The topological polar surface area (TPSA) is 50.3 Å². The van der Waals surface area contributed by atoms with Gasteiger partial charge in [-0.15, -0.1) is 0 Å². The minimum absolute atomic E-state index is 0.0665. The molecule has 1 aromatic rings. The van der Waals surface area contributed by atoms with Crippen LogP contribution in [0.2, 0.25) is 0 Å². The van der Waals surface area contributed by atoms with E-state index in [-0.39, 0.29) is 45.1 Å². The third-order valence-electron chi connectivity index (χ3n) is 5.18. The fourth-order valence-electron chi connectivity index (χ4n) is 4.27. The minimum atomic E-state index is -0.179. The molecule has 1 aliphatic heterocycles. The Morgan fingerprint density at radius 3 is 2.24 bits per heavy atom. The second-order valence-corrected chi connectivity index (χ2v) is 8.27. The van der Waals surface area contributed by atoms with E-state index in [1.165, 1.54) is 4.90 Å². The van der Waals surface area contributed by atoms with Gasteiger partial charge in [0.05, 0.1) is 11.8 Å². The predicted octanol–water partition coefficient (Wildman–Crippen LogP) is 2.67. The van der Waals surface area contributed by atoms with Gasteiger partial charge in [0, 0.05) is 15.9 Å². The van der Waals surface area contributed by atoms with Gasteiger partial charge in [-0.3, -0.25) is 9.59 Å². The highest BCUT2D eigenvalue weighted by Crippen LogP contribution is 2.60. The van der Waals surface area contributed by atoms with Crippen LogP contribution in [0.25, 0.3) is 0 Å². The van der Waals surface area contributed by atoms with Crippen molar-refractivity contribution in [3.05, 3.63) is 23.9 Å². The van der Waals surface area contributed by atoms with Crippen LogP contribution in [0.5, 0.6) is 0 Å². The Morgan fingerprint density at radius 1 is 1.14 bits per heavy atom. The Bertz CT molecular complexity index is 618. The molecule has 2 heterocycles. The standard InChI is InChI=1S/C15H14Br2N2O2/c1-6-3-2-4-18-13(6)19-14(20)9-7-5-8(10(9)15(19)21)12(17)11(7)16/h2-4,7-12H,5H2,1H3. The summed E-state index contributed by atoms with van der Waals surface area (Å²) in [5.41, 5.74) is 0.859. The third-order valence-corrected chi connectivity index (χ3v) is 8.39. The molecule has 1 saturated heterocycles. The molecule has 4 nitrogen and oxygen atoms in total. The number of hydrogen-bond acceptors (Lipinski definition) is 3. The van der Waals surface area contributed by atoms with Gasteiger partial charge >= 0.3 is 0 Å². The summed E-state index contributed by atoms with van der Waals surface area (Å²) in [7, 11) is 0. The van der Waals surface area contributed by atoms with Crippen LogP contribution in [0.3, 0.4) is 0 Å². The first-order chi connectivity index (χ1) is 10.0. The van der Waals surface area contributed by atoms with E-state index in [1.54, 1.807) is 6.20 Å². The highest BCUT2D eigenvalue weighted by atomic mass is 79.9. The van der Waals surface area contributed by atoms with Gasteiger partial charge in [0.25, 0.3) is 0 Å². The summed E-state index contributed by atoms with van der Waals surface area (Å²) in [6.07, 6.45) is 2.58. The summed E-state index contributed by atoms with van der Waals surface area (Å²) in [5.74, 6) is 0.499. The van der Waals surface area contributed by atoms with E-state index < -0.39 is 0 Å². The number of imide groups is 1. The Kier molecular flexibility index (Phi) is 3.05. The molecule has 6 heteroatoms. The molecule has 0 spiro atoms. The number of aryl methyl sites for hydroxylation is 1. The van der Waals surface area contributed by atoms with Crippen molar-refractivity contribution < 1.29 is 9.59 Å². The van der Waals surface area contributed by atoms with E-state index >= 15 is 0 Å². The van der Waals surface area contributed by atoms with E-state index in [1.807, 2.05) is 19.1 Å². The van der Waals surface area contributed by atoms with Crippen molar-refractivity contribution in [3.63, 3.8) is 0 Å². The van der Waals surface area contributed by atoms with Crippen molar-refractivity contribution in [3.8, 4) is 0 Å². The first-order valence-electron chi connectivity index (χ1n) is 7.10. The van der Waals surface area contributed by atoms with Gasteiger partial charge < -0.3 is 0 Å². The normalized spacial score (nSPS) is 41.0. The lowest BCUT2D eigenvalue weighted by atomic mass is 9.81. The quantitative estimate of drug-likeness (QED) is 0.525. The molecule has 6 atom stereocenters. The van der Waals surface area contributed by atoms with Gasteiger partial charge in [0.2, 0.25) is 11.8 Å². The summed E-state index contributed by atoms with van der Waals surface area (Å²) in [4.78, 5) is 31.8. The molecule has 110 valence electrons. The smallest absolute Gasteiger partial charge is 0.239 e. The number of aromatic nitrogens is 1. The maximum absolute atomic E-state index is 12.8. The Labute approximate surface area is 139 Å². The fourth-order valence-corrected chi connectivity index (χ4v) is 6.14. The molecule has 0 radical (unpaired) electrons. The fraction of sp³-hybridized carbons (Fsp3) is 0.533. The average molecular weight is 414 g/mol. The average Bonchev–Trinajstić information content (AvgIpc) is 3.06. The van der Waals surface area contributed by atoms with Gasteiger partial charge in [-0.2, -0.15) is 0 Å². The number of anilines is 1. The Balaban J connectivity index is 1.77. The second-order valence-electron chi connectivity index (χ2n) is 6.16. The van der Waals surface area contributed by atoms with Crippen molar-refractivity contribution in [1.82, 2.24) is 4.98 Å². The first-order valence-corrected chi connectivity index (χ1v) is 8.93. The minimum Gasteiger partial charge on any atom is -0.274 e. The number of halogens is 2. The summed E-state index contributed by atoms with van der Waals surface area (Å²) in [6.45, 7) is 1.88. The number of hydrogen-bond donors (Lipinski definition) is 0. The van der Waals surface area contributed by atoms with E-state index in [4.69, 9.17) is 0 Å². The lowest BCUT2D eigenvalue weighted by molar-refractivity contribution is -0.123. The molecular formula is C15H14Br2N2O2. The second kappa shape index (κ2) is 4.62. The molecule has 2 aliphatic carbocycles. The van der Waals surface area contributed by atoms with Gasteiger partial charge in [-0.25, -0.2) is 9.88 Å². The third kappa shape index (κ3) is 1.69. The van der Waals surface area contributed by atoms with E-state index in [9.17, 15) is 9.59 Å². The monoisotopic (exact) mass is 412 g/mol. The number of rotatable bonds is 1. The number of carbonyl (C=O) groups is 2. The van der Waals surface area contributed by atoms with Crippen LogP contribution < -0.4 is 4.90 Å². The van der Waals surface area contributed by atoms with Gasteiger partial charge in [0.1, 0.15) is 5.82 Å². The lowest BCUT2D eigenvalue weighted by Gasteiger charge is -2.28. The molecule has 1 aromatic heterocycles. The molecule has 0 N–H and O–H groups in total. The SMILES string of the molecule is Cc1cccnc1N1C(=O)C2C3CC(C(Br)C3Br)C2C1=O. The Morgan fingerprint density at radius 2 is 1.71 bits per heavy atom. The highest BCUT2D eigenvalue weighted by Gasteiger charge is 2.66. The summed E-state index contributed by atoms with van der Waals surface area (Å²) >= 11 is 7.38. The Hall–Kier alpha value is -0.750. The number of amides is 2. The van der Waals surface area contributed by atoms with E-state index in [0.717, 1.165) is 12.0 Å². The summed E-state index contributed by atoms with van der Waals surface area (Å²) in [5, 5.41) is 0. The molecule has 21 heavy (non-hydrogen) atoms. The van der Waals surface area contributed by atoms with Crippen LogP contribution in [0, 0.1) is 30.6 Å². The van der Waals surface area contributed by atoms with Crippen LogP contribution in [0.4, 0.5) is 5.82 Å². The number of fused-ring (bicyclic) bond motifs is 5. The van der Waals surface area contributed by atoms with Gasteiger partial charge in [0.15, 0.2) is 0 Å².